The maximum absolute atomic E-state index is 10.5. The van der Waals surface area contributed by atoms with Gasteiger partial charge >= 0.3 is 0 Å². The van der Waals surface area contributed by atoms with E-state index in [1.54, 1.807) is 29.7 Å². The lowest BCUT2D eigenvalue weighted by Gasteiger charge is -1.95. The fraction of sp³-hybridized carbons (Fsp3) is 0.0667. The Bertz CT molecular complexity index is 852. The lowest BCUT2D eigenvalue weighted by Crippen LogP contribution is -2.27. The molecule has 0 aliphatic rings. The quantitative estimate of drug-likeness (QED) is 0.277. The van der Waals surface area contributed by atoms with Gasteiger partial charge in [-0.2, -0.15) is 13.5 Å². The Morgan fingerprint density at radius 2 is 1.80 bits per heavy atom. The average Bonchev–Trinajstić information content (AvgIpc) is 2.56. The second kappa shape index (κ2) is 9.74. The zero-order chi connectivity index (χ0) is 18.9. The molecule has 0 unspecified atom stereocenters. The Kier molecular flexibility index (Phi) is 8.02. The van der Waals surface area contributed by atoms with Gasteiger partial charge in [0.25, 0.3) is 10.1 Å². The predicted molar refractivity (Wildman–Crippen MR) is 96.6 cm³/mol. The normalized spacial score (nSPS) is 11.8. The standard InChI is InChI=1S/C8H9ClN4O.C7H8O3S/c9-7-4-2-1-3-6(7)5-11-12-8(10)13-14;1-6-2-4-7(5-3-6)11(8,9)10/h1-5,14H,(H3,10,12,13);2-5H,1H3,(H,8,9,10)/b11-5+;. The lowest BCUT2D eigenvalue weighted by atomic mass is 10.2. The molecule has 0 aliphatic heterocycles. The predicted octanol–water partition coefficient (Wildman–Crippen LogP) is 2.21. The molecule has 8 nitrogen and oxygen atoms in total. The number of rotatable bonds is 3. The Morgan fingerprint density at radius 1 is 1.20 bits per heavy atom. The summed E-state index contributed by atoms with van der Waals surface area (Å²) in [5.74, 6) is -0.187. The maximum Gasteiger partial charge on any atom is 0.294 e. The fourth-order valence-corrected chi connectivity index (χ4v) is 2.13. The minimum Gasteiger partial charge on any atom is -0.367 e. The van der Waals surface area contributed by atoms with Gasteiger partial charge in [-0.3, -0.25) is 9.76 Å². The Hall–Kier alpha value is -2.46. The molecular formula is C15H17ClN4O4S. The van der Waals surface area contributed by atoms with Crippen molar-refractivity contribution in [3.8, 4) is 0 Å². The van der Waals surface area contributed by atoms with E-state index >= 15 is 0 Å². The average molecular weight is 385 g/mol. The minimum absolute atomic E-state index is 0.0666. The van der Waals surface area contributed by atoms with Crippen LogP contribution in [0.25, 0.3) is 0 Å². The molecule has 0 bridgehead atoms. The Balaban J connectivity index is 0.000000257. The zero-order valence-electron chi connectivity index (χ0n) is 13.2. The van der Waals surface area contributed by atoms with Crippen LogP contribution in [0.1, 0.15) is 11.1 Å². The van der Waals surface area contributed by atoms with Gasteiger partial charge in [0.05, 0.1) is 11.1 Å². The molecule has 0 aromatic heterocycles. The number of halogens is 1. The van der Waals surface area contributed by atoms with Gasteiger partial charge < -0.3 is 5.73 Å². The molecule has 2 aromatic rings. The van der Waals surface area contributed by atoms with Gasteiger partial charge in [0.1, 0.15) is 0 Å². The summed E-state index contributed by atoms with van der Waals surface area (Å²) in [4.78, 5) is -0.0666. The molecule has 0 heterocycles. The van der Waals surface area contributed by atoms with Gasteiger partial charge in [-0.05, 0) is 25.1 Å². The molecule has 0 amide bonds. The first-order valence-electron chi connectivity index (χ1n) is 6.79. The van der Waals surface area contributed by atoms with Crippen molar-refractivity contribution < 1.29 is 18.2 Å². The molecule has 0 atom stereocenters. The fourth-order valence-electron chi connectivity index (χ4n) is 1.47. The van der Waals surface area contributed by atoms with Gasteiger partial charge in [-0.1, -0.05) is 47.5 Å². The van der Waals surface area contributed by atoms with Crippen molar-refractivity contribution in [1.29, 1.82) is 0 Å². The van der Waals surface area contributed by atoms with Crippen molar-refractivity contribution in [2.45, 2.75) is 11.8 Å². The highest BCUT2D eigenvalue weighted by molar-refractivity contribution is 7.85. The van der Waals surface area contributed by atoms with Crippen molar-refractivity contribution in [3.05, 3.63) is 64.7 Å². The van der Waals surface area contributed by atoms with Gasteiger partial charge in [0.15, 0.2) is 0 Å². The second-order valence-corrected chi connectivity index (χ2v) is 6.48. The van der Waals surface area contributed by atoms with Crippen LogP contribution in [0.2, 0.25) is 5.02 Å². The van der Waals surface area contributed by atoms with Gasteiger partial charge in [0.2, 0.25) is 5.96 Å². The molecule has 2 aromatic carbocycles. The van der Waals surface area contributed by atoms with E-state index in [1.807, 2.05) is 19.1 Å². The SMILES string of the molecule is Cc1ccc(S(=O)(=O)O)cc1.NC(=N/N=C/c1ccccc1Cl)NO. The molecule has 0 saturated heterocycles. The van der Waals surface area contributed by atoms with E-state index in [2.05, 4.69) is 10.2 Å². The van der Waals surface area contributed by atoms with Crippen LogP contribution >= 0.6 is 11.6 Å². The van der Waals surface area contributed by atoms with Crippen molar-refractivity contribution in [3.63, 3.8) is 0 Å². The Labute approximate surface area is 150 Å². The number of guanidine groups is 1. The molecule has 0 radical (unpaired) electrons. The number of nitrogens with zero attached hydrogens (tertiary/aromatic N) is 2. The number of aryl methyl sites for hydroxylation is 1. The third-order valence-corrected chi connectivity index (χ3v) is 3.91. The Morgan fingerprint density at radius 3 is 2.32 bits per heavy atom. The molecule has 0 fully saturated rings. The highest BCUT2D eigenvalue weighted by Gasteiger charge is 2.06. The van der Waals surface area contributed by atoms with Crippen LogP contribution in [-0.4, -0.2) is 30.4 Å². The summed E-state index contributed by atoms with van der Waals surface area (Å²) in [5, 5.41) is 15.9. The van der Waals surface area contributed by atoms with E-state index in [1.165, 1.54) is 18.3 Å². The van der Waals surface area contributed by atoms with Crippen molar-refractivity contribution >= 4 is 33.9 Å². The van der Waals surface area contributed by atoms with E-state index < -0.39 is 10.1 Å². The number of nitrogens with one attached hydrogen (secondary N) is 1. The summed E-state index contributed by atoms with van der Waals surface area (Å²) in [6, 6.07) is 13.1. The van der Waals surface area contributed by atoms with E-state index in [4.69, 9.17) is 27.1 Å². The molecule has 134 valence electrons. The highest BCUT2D eigenvalue weighted by Crippen LogP contribution is 2.12. The van der Waals surface area contributed by atoms with Gasteiger partial charge in [0, 0.05) is 10.6 Å². The minimum atomic E-state index is -4.02. The number of hydroxylamine groups is 1. The van der Waals surface area contributed by atoms with Crippen LogP contribution < -0.4 is 11.2 Å². The summed E-state index contributed by atoms with van der Waals surface area (Å²) >= 11 is 5.84. The van der Waals surface area contributed by atoms with E-state index in [0.29, 0.717) is 5.02 Å². The van der Waals surface area contributed by atoms with E-state index in [0.717, 1.165) is 11.1 Å². The van der Waals surface area contributed by atoms with Crippen molar-refractivity contribution in [2.24, 2.45) is 15.9 Å². The largest absolute Gasteiger partial charge is 0.367 e. The molecule has 2 rings (SSSR count). The van der Waals surface area contributed by atoms with Crippen LogP contribution in [-0.2, 0) is 10.1 Å². The van der Waals surface area contributed by atoms with Crippen LogP contribution in [0, 0.1) is 6.92 Å². The molecule has 0 saturated carbocycles. The number of hydrogen-bond acceptors (Lipinski definition) is 5. The number of hydrogen-bond donors (Lipinski definition) is 4. The summed E-state index contributed by atoms with van der Waals surface area (Å²) in [6.45, 7) is 1.84. The zero-order valence-corrected chi connectivity index (χ0v) is 14.7. The van der Waals surface area contributed by atoms with Gasteiger partial charge in [-0.15, -0.1) is 5.10 Å². The van der Waals surface area contributed by atoms with Crippen LogP contribution in [0.5, 0.6) is 0 Å². The first kappa shape index (κ1) is 20.6. The molecule has 0 spiro atoms. The smallest absolute Gasteiger partial charge is 0.294 e. The van der Waals surface area contributed by atoms with Crippen molar-refractivity contribution in [1.82, 2.24) is 5.48 Å². The molecule has 5 N–H and O–H groups in total. The molecule has 10 heteroatoms. The molecular weight excluding hydrogens is 368 g/mol. The maximum atomic E-state index is 10.5. The first-order chi connectivity index (χ1) is 11.7. The second-order valence-electron chi connectivity index (χ2n) is 4.65. The lowest BCUT2D eigenvalue weighted by molar-refractivity contribution is 0.232. The third kappa shape index (κ3) is 7.77. The summed E-state index contributed by atoms with van der Waals surface area (Å²) in [6.07, 6.45) is 1.44. The third-order valence-electron chi connectivity index (χ3n) is 2.70. The monoisotopic (exact) mass is 384 g/mol. The summed E-state index contributed by atoms with van der Waals surface area (Å²) in [7, 11) is -4.02. The van der Waals surface area contributed by atoms with Crippen LogP contribution in [0.4, 0.5) is 0 Å². The summed E-state index contributed by atoms with van der Waals surface area (Å²) in [5.41, 5.74) is 8.45. The van der Waals surface area contributed by atoms with E-state index in [9.17, 15) is 8.42 Å². The van der Waals surface area contributed by atoms with Gasteiger partial charge in [-0.25, -0.2) is 5.48 Å². The van der Waals surface area contributed by atoms with E-state index in [-0.39, 0.29) is 10.9 Å². The highest BCUT2D eigenvalue weighted by atomic mass is 35.5. The van der Waals surface area contributed by atoms with Crippen LogP contribution in [0.3, 0.4) is 0 Å². The first-order valence-corrected chi connectivity index (χ1v) is 8.61. The number of nitrogens with two attached hydrogens (primary N) is 1. The van der Waals surface area contributed by atoms with Crippen molar-refractivity contribution in [2.75, 3.05) is 0 Å². The number of benzene rings is 2. The topological polar surface area (TPSA) is 137 Å². The van der Waals surface area contributed by atoms with Crippen LogP contribution in [0.15, 0.2) is 63.6 Å². The summed E-state index contributed by atoms with van der Waals surface area (Å²) < 4.78 is 29.6. The molecule has 0 aliphatic carbocycles. The molecule has 25 heavy (non-hydrogen) atoms.